The lowest BCUT2D eigenvalue weighted by molar-refractivity contribution is 0.685. The van der Waals surface area contributed by atoms with Crippen molar-refractivity contribution in [2.45, 2.75) is 20.4 Å². The molecule has 5 heteroatoms. The van der Waals surface area contributed by atoms with Crippen LogP contribution in [0.1, 0.15) is 12.5 Å². The number of fused-ring (bicyclic) bond motifs is 1. The van der Waals surface area contributed by atoms with Crippen molar-refractivity contribution < 1.29 is 0 Å². The summed E-state index contributed by atoms with van der Waals surface area (Å²) in [5.41, 5.74) is 1.45. The molecule has 3 rings (SSSR count). The highest BCUT2D eigenvalue weighted by Gasteiger charge is 2.16. The van der Waals surface area contributed by atoms with E-state index in [1.807, 2.05) is 37.3 Å². The number of hydrogen-bond donors (Lipinski definition) is 1. The summed E-state index contributed by atoms with van der Waals surface area (Å²) in [5.74, 6) is 0. The number of nitrogens with zero attached hydrogens (tertiary/aromatic N) is 1. The summed E-state index contributed by atoms with van der Waals surface area (Å²) >= 11 is 1.46. The number of rotatable bonds is 2. The van der Waals surface area contributed by atoms with Crippen molar-refractivity contribution in [2.75, 3.05) is 0 Å². The third-order valence-electron chi connectivity index (χ3n) is 3.42. The number of aryl methyl sites for hydroxylation is 1. The summed E-state index contributed by atoms with van der Waals surface area (Å²) in [6.07, 6.45) is 0. The summed E-state index contributed by atoms with van der Waals surface area (Å²) < 4.78 is 1.23. The lowest BCUT2D eigenvalue weighted by Crippen LogP contribution is -2.34. The molecule has 0 saturated carbocycles. The molecule has 0 aliphatic heterocycles. The fraction of sp³-hybridized carbons (Fsp3) is 0.200. The zero-order valence-electron chi connectivity index (χ0n) is 11.3. The van der Waals surface area contributed by atoms with Crippen LogP contribution < -0.4 is 11.2 Å². The Kier molecular flexibility index (Phi) is 3.06. The SMILES string of the molecule is CCn1c(=O)[nH]c2sc(-c3ccccc3)c(C)c2c1=O. The maximum atomic E-state index is 12.4. The van der Waals surface area contributed by atoms with Gasteiger partial charge in [-0.1, -0.05) is 30.3 Å². The first-order valence-corrected chi connectivity index (χ1v) is 7.26. The van der Waals surface area contributed by atoms with Gasteiger partial charge in [0, 0.05) is 11.4 Å². The van der Waals surface area contributed by atoms with E-state index in [2.05, 4.69) is 4.98 Å². The monoisotopic (exact) mass is 286 g/mol. The normalized spacial score (nSPS) is 11.1. The zero-order chi connectivity index (χ0) is 14.3. The van der Waals surface area contributed by atoms with Gasteiger partial charge in [0.2, 0.25) is 0 Å². The molecule has 0 atom stereocenters. The zero-order valence-corrected chi connectivity index (χ0v) is 12.1. The second kappa shape index (κ2) is 4.76. The van der Waals surface area contributed by atoms with E-state index in [0.29, 0.717) is 16.8 Å². The van der Waals surface area contributed by atoms with Gasteiger partial charge in [-0.05, 0) is 25.0 Å². The van der Waals surface area contributed by atoms with Crippen LogP contribution in [0.3, 0.4) is 0 Å². The molecular formula is C15H14N2O2S. The van der Waals surface area contributed by atoms with Crippen LogP contribution in [0.15, 0.2) is 39.9 Å². The average Bonchev–Trinajstić information content (AvgIpc) is 2.77. The van der Waals surface area contributed by atoms with Gasteiger partial charge in [-0.3, -0.25) is 14.3 Å². The van der Waals surface area contributed by atoms with E-state index in [4.69, 9.17) is 0 Å². The summed E-state index contributed by atoms with van der Waals surface area (Å²) in [6.45, 7) is 4.10. The van der Waals surface area contributed by atoms with Crippen LogP contribution in [0.25, 0.3) is 20.7 Å². The van der Waals surface area contributed by atoms with Crippen molar-refractivity contribution in [3.63, 3.8) is 0 Å². The molecule has 20 heavy (non-hydrogen) atoms. The molecule has 0 spiro atoms. The van der Waals surface area contributed by atoms with E-state index in [-0.39, 0.29) is 11.2 Å². The van der Waals surface area contributed by atoms with E-state index < -0.39 is 0 Å². The van der Waals surface area contributed by atoms with Crippen molar-refractivity contribution >= 4 is 21.6 Å². The number of hydrogen-bond acceptors (Lipinski definition) is 3. The molecule has 4 nitrogen and oxygen atoms in total. The molecule has 102 valence electrons. The van der Waals surface area contributed by atoms with Crippen LogP contribution in [0.4, 0.5) is 0 Å². The second-order valence-corrected chi connectivity index (χ2v) is 5.63. The van der Waals surface area contributed by atoms with E-state index >= 15 is 0 Å². The molecule has 0 aliphatic carbocycles. The first kappa shape index (κ1) is 12.9. The molecule has 0 fully saturated rings. The summed E-state index contributed by atoms with van der Waals surface area (Å²) in [6, 6.07) is 9.90. The number of H-pyrrole nitrogens is 1. The summed E-state index contributed by atoms with van der Waals surface area (Å²) in [5, 5.41) is 0.621. The van der Waals surface area contributed by atoms with Crippen molar-refractivity contribution in [2.24, 2.45) is 0 Å². The van der Waals surface area contributed by atoms with E-state index in [0.717, 1.165) is 16.0 Å². The molecule has 2 aromatic heterocycles. The molecule has 2 heterocycles. The highest BCUT2D eigenvalue weighted by molar-refractivity contribution is 7.22. The third kappa shape index (κ3) is 1.82. The molecule has 0 amide bonds. The number of thiophene rings is 1. The van der Waals surface area contributed by atoms with Gasteiger partial charge in [0.1, 0.15) is 4.83 Å². The molecule has 3 aromatic rings. The van der Waals surface area contributed by atoms with Crippen LogP contribution in [0.2, 0.25) is 0 Å². The molecule has 0 bridgehead atoms. The first-order chi connectivity index (χ1) is 9.63. The van der Waals surface area contributed by atoms with Crippen LogP contribution in [0.5, 0.6) is 0 Å². The van der Waals surface area contributed by atoms with E-state index in [1.54, 1.807) is 6.92 Å². The second-order valence-electron chi connectivity index (χ2n) is 4.61. The molecule has 0 saturated heterocycles. The third-order valence-corrected chi connectivity index (χ3v) is 4.68. The predicted octanol–water partition coefficient (Wildman–Crippen LogP) is 2.75. The lowest BCUT2D eigenvalue weighted by Gasteiger charge is -2.00. The number of aromatic nitrogens is 2. The maximum Gasteiger partial charge on any atom is 0.329 e. The Hall–Kier alpha value is -2.14. The Morgan fingerprint density at radius 2 is 1.90 bits per heavy atom. The van der Waals surface area contributed by atoms with Gasteiger partial charge in [0.05, 0.1) is 5.39 Å². The van der Waals surface area contributed by atoms with Crippen molar-refractivity contribution in [1.29, 1.82) is 0 Å². The van der Waals surface area contributed by atoms with Crippen LogP contribution in [-0.2, 0) is 6.54 Å². The standard InChI is InChI=1S/C15H14N2O2S/c1-3-17-14(18)11-9(2)12(10-7-5-4-6-8-10)20-13(11)16-15(17)19/h4-8H,3H2,1-2H3,(H,16,19). The van der Waals surface area contributed by atoms with E-state index in [1.165, 1.54) is 15.9 Å². The Morgan fingerprint density at radius 1 is 1.20 bits per heavy atom. The minimum Gasteiger partial charge on any atom is -0.298 e. The molecule has 1 N–H and O–H groups in total. The topological polar surface area (TPSA) is 54.9 Å². The lowest BCUT2D eigenvalue weighted by atomic mass is 10.1. The van der Waals surface area contributed by atoms with Crippen LogP contribution in [-0.4, -0.2) is 9.55 Å². The van der Waals surface area contributed by atoms with E-state index in [9.17, 15) is 9.59 Å². The smallest absolute Gasteiger partial charge is 0.298 e. The maximum absolute atomic E-state index is 12.4. The molecule has 1 aromatic carbocycles. The Bertz CT molecular complexity index is 888. The Balaban J connectivity index is 2.40. The number of aromatic amines is 1. The van der Waals surface area contributed by atoms with Crippen LogP contribution >= 0.6 is 11.3 Å². The van der Waals surface area contributed by atoms with Gasteiger partial charge >= 0.3 is 5.69 Å². The van der Waals surface area contributed by atoms with Gasteiger partial charge in [-0.2, -0.15) is 0 Å². The van der Waals surface area contributed by atoms with Gasteiger partial charge in [0.25, 0.3) is 5.56 Å². The van der Waals surface area contributed by atoms with Crippen molar-refractivity contribution in [1.82, 2.24) is 9.55 Å². The molecule has 0 radical (unpaired) electrons. The highest BCUT2D eigenvalue weighted by atomic mass is 32.1. The molecule has 0 aliphatic rings. The summed E-state index contributed by atoms with van der Waals surface area (Å²) in [4.78, 5) is 28.7. The minimum atomic E-state index is -0.342. The Labute approximate surface area is 119 Å². The largest absolute Gasteiger partial charge is 0.329 e. The predicted molar refractivity (Wildman–Crippen MR) is 82.6 cm³/mol. The molecular weight excluding hydrogens is 272 g/mol. The fourth-order valence-electron chi connectivity index (χ4n) is 2.40. The van der Waals surface area contributed by atoms with Crippen molar-refractivity contribution in [3.8, 4) is 10.4 Å². The van der Waals surface area contributed by atoms with Crippen LogP contribution in [0, 0.1) is 6.92 Å². The van der Waals surface area contributed by atoms with Gasteiger partial charge in [0.15, 0.2) is 0 Å². The Morgan fingerprint density at radius 3 is 2.55 bits per heavy atom. The number of benzene rings is 1. The average molecular weight is 286 g/mol. The number of nitrogens with one attached hydrogen (secondary N) is 1. The highest BCUT2D eigenvalue weighted by Crippen LogP contribution is 2.34. The molecule has 0 unspecified atom stereocenters. The van der Waals surface area contributed by atoms with Gasteiger partial charge < -0.3 is 0 Å². The van der Waals surface area contributed by atoms with Gasteiger partial charge in [-0.25, -0.2) is 4.79 Å². The van der Waals surface area contributed by atoms with Gasteiger partial charge in [-0.15, -0.1) is 11.3 Å². The minimum absolute atomic E-state index is 0.206. The first-order valence-electron chi connectivity index (χ1n) is 6.45. The summed E-state index contributed by atoms with van der Waals surface area (Å²) in [7, 11) is 0. The fourth-order valence-corrected chi connectivity index (χ4v) is 3.60. The van der Waals surface area contributed by atoms with Crippen molar-refractivity contribution in [3.05, 3.63) is 56.7 Å². The quantitative estimate of drug-likeness (QED) is 0.787.